The van der Waals surface area contributed by atoms with Gasteiger partial charge >= 0.3 is 0 Å². The van der Waals surface area contributed by atoms with Crippen LogP contribution in [0.15, 0.2) is 48.8 Å². The maximum Gasteiger partial charge on any atom is 0.280 e. The van der Waals surface area contributed by atoms with Crippen LogP contribution in [0.3, 0.4) is 0 Å². The molecule has 1 N–H and O–H groups in total. The molecule has 192 valence electrons. The number of halogens is 3. The monoisotopic (exact) mass is 552 g/mol. The number of rotatable bonds is 8. The molecule has 12 heteroatoms. The number of nitriles is 1. The summed E-state index contributed by atoms with van der Waals surface area (Å²) in [5, 5.41) is 22.0. The Bertz CT molecular complexity index is 1540. The summed E-state index contributed by atoms with van der Waals surface area (Å²) in [7, 11) is 1.37. The maximum absolute atomic E-state index is 13.4. The minimum Gasteiger partial charge on any atom is -0.494 e. The van der Waals surface area contributed by atoms with Gasteiger partial charge in [0.1, 0.15) is 16.5 Å². The van der Waals surface area contributed by atoms with Gasteiger partial charge < -0.3 is 4.74 Å². The third kappa shape index (κ3) is 5.32. The summed E-state index contributed by atoms with van der Waals surface area (Å²) in [6.45, 7) is 0. The third-order valence-corrected chi connectivity index (χ3v) is 7.38. The molecule has 2 atom stereocenters. The lowest BCUT2D eigenvalue weighted by atomic mass is 9.98. The average Bonchev–Trinajstić information content (AvgIpc) is 3.58. The molecule has 1 fully saturated rings. The minimum absolute atomic E-state index is 0.0278. The Hall–Kier alpha value is -4.01. The molecule has 3 heterocycles. The topological polar surface area (TPSA) is 114 Å². The van der Waals surface area contributed by atoms with Gasteiger partial charge in [-0.2, -0.15) is 5.26 Å². The second-order valence-electron chi connectivity index (χ2n) is 8.57. The summed E-state index contributed by atoms with van der Waals surface area (Å²) in [6.07, 6.45) is 0.550. The number of pyridine rings is 2. The molecule has 1 aliphatic carbocycles. The zero-order valence-electron chi connectivity index (χ0n) is 19.9. The van der Waals surface area contributed by atoms with Crippen molar-refractivity contribution in [3.05, 3.63) is 81.3 Å². The molecule has 1 aliphatic rings. The van der Waals surface area contributed by atoms with E-state index in [1.54, 1.807) is 0 Å². The molecule has 0 spiro atoms. The van der Waals surface area contributed by atoms with Crippen molar-refractivity contribution in [2.45, 2.75) is 31.1 Å². The van der Waals surface area contributed by atoms with Crippen molar-refractivity contribution < 1.29 is 18.3 Å². The van der Waals surface area contributed by atoms with Gasteiger partial charge in [0.25, 0.3) is 12.3 Å². The van der Waals surface area contributed by atoms with E-state index in [0.29, 0.717) is 21.8 Å². The summed E-state index contributed by atoms with van der Waals surface area (Å²) in [5.74, 6) is 0.157. The molecule has 5 rings (SSSR count). The van der Waals surface area contributed by atoms with Crippen molar-refractivity contribution in [1.29, 1.82) is 5.26 Å². The van der Waals surface area contributed by atoms with Gasteiger partial charge in [0.05, 0.1) is 37.1 Å². The van der Waals surface area contributed by atoms with Crippen LogP contribution in [0.5, 0.6) is 5.75 Å². The number of nitrogens with one attached hydrogen (secondary N) is 1. The Morgan fingerprint density at radius 1 is 1.18 bits per heavy atom. The van der Waals surface area contributed by atoms with Gasteiger partial charge in [0.15, 0.2) is 0 Å². The second-order valence-corrected chi connectivity index (χ2v) is 10.0. The first-order valence-electron chi connectivity index (χ1n) is 11.5. The highest BCUT2D eigenvalue weighted by Crippen LogP contribution is 2.55. The van der Waals surface area contributed by atoms with Crippen LogP contribution in [0.1, 0.15) is 57.0 Å². The molecule has 0 aliphatic heterocycles. The van der Waals surface area contributed by atoms with E-state index in [-0.39, 0.29) is 34.8 Å². The fourth-order valence-corrected chi connectivity index (χ4v) is 5.22. The van der Waals surface area contributed by atoms with Crippen molar-refractivity contribution in [2.75, 3.05) is 12.4 Å². The third-order valence-electron chi connectivity index (χ3n) is 6.15. The van der Waals surface area contributed by atoms with E-state index in [4.69, 9.17) is 21.6 Å². The molecular weight excluding hydrogens is 534 g/mol. The van der Waals surface area contributed by atoms with Gasteiger partial charge in [0.2, 0.25) is 5.13 Å². The van der Waals surface area contributed by atoms with Gasteiger partial charge in [-0.1, -0.05) is 35.1 Å². The first-order chi connectivity index (χ1) is 18.4. The zero-order valence-corrected chi connectivity index (χ0v) is 21.4. The van der Waals surface area contributed by atoms with Crippen molar-refractivity contribution in [2.24, 2.45) is 0 Å². The van der Waals surface area contributed by atoms with Gasteiger partial charge in [-0.3, -0.25) is 20.1 Å². The molecule has 0 bridgehead atoms. The van der Waals surface area contributed by atoms with Crippen LogP contribution in [0.2, 0.25) is 5.02 Å². The van der Waals surface area contributed by atoms with Crippen LogP contribution in [-0.4, -0.2) is 33.2 Å². The molecule has 1 aromatic carbocycles. The number of anilines is 1. The average molecular weight is 553 g/mol. The van der Waals surface area contributed by atoms with Crippen molar-refractivity contribution in [3.63, 3.8) is 0 Å². The molecule has 1 unspecified atom stereocenters. The molecular formula is C26H19ClF2N6O2S. The number of aromatic nitrogens is 4. The second kappa shape index (κ2) is 10.8. The largest absolute Gasteiger partial charge is 0.494 e. The number of amides is 1. The van der Waals surface area contributed by atoms with E-state index in [9.17, 15) is 13.6 Å². The van der Waals surface area contributed by atoms with Crippen molar-refractivity contribution in [3.8, 4) is 22.9 Å². The Kier molecular flexibility index (Phi) is 7.26. The molecule has 8 nitrogen and oxygen atoms in total. The number of nitrogens with zero attached hydrogens (tertiary/aromatic N) is 5. The van der Waals surface area contributed by atoms with Gasteiger partial charge in [-0.25, -0.2) is 8.78 Å². The van der Waals surface area contributed by atoms with Crippen LogP contribution in [0.25, 0.3) is 11.1 Å². The normalized spacial score (nSPS) is 16.2. The van der Waals surface area contributed by atoms with E-state index in [0.717, 1.165) is 11.4 Å². The maximum atomic E-state index is 13.4. The van der Waals surface area contributed by atoms with Crippen molar-refractivity contribution >= 4 is 34.0 Å². The van der Waals surface area contributed by atoms with E-state index in [1.807, 2.05) is 30.3 Å². The Labute approximate surface area is 225 Å². The smallest absolute Gasteiger partial charge is 0.280 e. The van der Waals surface area contributed by atoms with E-state index in [1.165, 1.54) is 48.5 Å². The fraction of sp³-hybridized carbons (Fsp3) is 0.231. The summed E-state index contributed by atoms with van der Waals surface area (Å²) in [6, 6.07) is 12.4. The zero-order chi connectivity index (χ0) is 26.8. The summed E-state index contributed by atoms with van der Waals surface area (Å²) >= 11 is 7.26. The van der Waals surface area contributed by atoms with Crippen LogP contribution in [0, 0.1) is 11.3 Å². The summed E-state index contributed by atoms with van der Waals surface area (Å²) < 4.78 is 32.2. The minimum atomic E-state index is -2.82. The lowest BCUT2D eigenvalue weighted by Gasteiger charge is -2.14. The molecule has 1 amide bonds. The molecule has 38 heavy (non-hydrogen) atoms. The quantitative estimate of drug-likeness (QED) is 0.277. The Morgan fingerprint density at radius 2 is 1.97 bits per heavy atom. The van der Waals surface area contributed by atoms with Crippen molar-refractivity contribution in [1.82, 2.24) is 20.2 Å². The number of carbonyl (C=O) groups is 1. The van der Waals surface area contributed by atoms with E-state index < -0.39 is 18.0 Å². The fourth-order valence-electron chi connectivity index (χ4n) is 4.18. The van der Waals surface area contributed by atoms with E-state index in [2.05, 4.69) is 25.5 Å². The molecule has 0 radical (unpaired) electrons. The SMILES string of the molecule is COc1cnc(C(F)F)cc1-c1cc(CC#N)ncc1C(=O)Nc1nnc(C2C[C@H]2c2ccc(Cl)cc2)s1. The van der Waals surface area contributed by atoms with Crippen LogP contribution in [0.4, 0.5) is 13.9 Å². The number of carbonyl (C=O) groups excluding carboxylic acids is 1. The molecule has 3 aromatic heterocycles. The first kappa shape index (κ1) is 25.6. The van der Waals surface area contributed by atoms with E-state index >= 15 is 0 Å². The summed E-state index contributed by atoms with van der Waals surface area (Å²) in [5.41, 5.74) is 1.67. The predicted octanol–water partition coefficient (Wildman–Crippen LogP) is 6.18. The van der Waals surface area contributed by atoms with Gasteiger partial charge in [-0.15, -0.1) is 10.2 Å². The number of methoxy groups -OCH3 is 1. The number of benzene rings is 1. The standard InChI is InChI=1S/C26H19ClF2N6O2S/c1-37-22-12-32-21(23(28)29)10-18(22)17-8-15(6-7-30)31-11-20(17)24(36)33-26-35-34-25(38-26)19-9-16(19)13-2-4-14(27)5-3-13/h2-5,8,10-12,16,19,23H,6,9H2,1H3,(H,33,35,36)/t16-,19?/m0/s1. The lowest BCUT2D eigenvalue weighted by Crippen LogP contribution is -2.14. The van der Waals surface area contributed by atoms with Gasteiger partial charge in [-0.05, 0) is 42.2 Å². The first-order valence-corrected chi connectivity index (χ1v) is 12.7. The Balaban J connectivity index is 1.41. The number of alkyl halides is 2. The van der Waals surface area contributed by atoms with Crippen LogP contribution >= 0.6 is 22.9 Å². The number of hydrogen-bond acceptors (Lipinski definition) is 8. The molecule has 4 aromatic rings. The highest BCUT2D eigenvalue weighted by atomic mass is 35.5. The lowest BCUT2D eigenvalue weighted by molar-refractivity contribution is 0.102. The van der Waals surface area contributed by atoms with Crippen LogP contribution < -0.4 is 10.1 Å². The highest BCUT2D eigenvalue weighted by Gasteiger charge is 2.42. The van der Waals surface area contributed by atoms with Gasteiger partial charge in [0, 0.05) is 28.3 Å². The summed E-state index contributed by atoms with van der Waals surface area (Å²) in [4.78, 5) is 21.2. The highest BCUT2D eigenvalue weighted by molar-refractivity contribution is 7.15. The number of ether oxygens (including phenoxy) is 1. The Morgan fingerprint density at radius 3 is 2.68 bits per heavy atom. The molecule has 0 saturated heterocycles. The molecule has 1 saturated carbocycles. The number of hydrogen-bond donors (Lipinski definition) is 1. The predicted molar refractivity (Wildman–Crippen MR) is 138 cm³/mol. The van der Waals surface area contributed by atoms with Crippen LogP contribution in [-0.2, 0) is 6.42 Å².